The maximum atomic E-state index is 9.77. The van der Waals surface area contributed by atoms with Crippen LogP contribution >= 0.6 is 0 Å². The lowest BCUT2D eigenvalue weighted by atomic mass is 10.1. The van der Waals surface area contributed by atoms with Gasteiger partial charge in [0.15, 0.2) is 0 Å². The number of ether oxygens (including phenoxy) is 2. The number of hydrogen-bond acceptors (Lipinski definition) is 3. The Morgan fingerprint density at radius 3 is 2.50 bits per heavy atom. The number of benzene rings is 1. The summed E-state index contributed by atoms with van der Waals surface area (Å²) >= 11 is 0. The zero-order valence-corrected chi connectivity index (χ0v) is 12.5. The van der Waals surface area contributed by atoms with Gasteiger partial charge in [-0.2, -0.15) is 0 Å². The van der Waals surface area contributed by atoms with Crippen LogP contribution in [0.5, 0.6) is 0 Å². The van der Waals surface area contributed by atoms with E-state index in [9.17, 15) is 5.11 Å². The Bertz CT molecular complexity index is 445. The highest BCUT2D eigenvalue weighted by Crippen LogP contribution is 2.27. The standard InChI is InChI=1S/C17H24O3/c1-17(2,3)20-16-10-15(18)9-14(16)12-19-11-13-7-5-4-6-8-13/h4-9,15-16,18H,10-12H2,1-3H3/t15-,16-/m0/s1. The van der Waals surface area contributed by atoms with Gasteiger partial charge in [0, 0.05) is 6.42 Å². The smallest absolute Gasteiger partial charge is 0.0843 e. The average molecular weight is 276 g/mol. The second kappa shape index (κ2) is 6.53. The molecule has 0 radical (unpaired) electrons. The fourth-order valence-electron chi connectivity index (χ4n) is 2.35. The van der Waals surface area contributed by atoms with E-state index in [1.54, 1.807) is 0 Å². The highest BCUT2D eigenvalue weighted by molar-refractivity contribution is 5.19. The van der Waals surface area contributed by atoms with E-state index in [1.165, 1.54) is 0 Å². The second-order valence-electron chi connectivity index (χ2n) is 6.24. The van der Waals surface area contributed by atoms with Gasteiger partial charge in [0.05, 0.1) is 31.0 Å². The van der Waals surface area contributed by atoms with Crippen molar-refractivity contribution >= 4 is 0 Å². The lowest BCUT2D eigenvalue weighted by Crippen LogP contribution is -2.29. The SMILES string of the molecule is CC(C)(C)O[C@H]1C[C@@H](O)C=C1COCc1ccccc1. The molecule has 0 bridgehead atoms. The monoisotopic (exact) mass is 276 g/mol. The summed E-state index contributed by atoms with van der Waals surface area (Å²) in [6.45, 7) is 7.17. The highest BCUT2D eigenvalue weighted by Gasteiger charge is 2.29. The molecule has 2 atom stereocenters. The fraction of sp³-hybridized carbons (Fsp3) is 0.529. The fourth-order valence-corrected chi connectivity index (χ4v) is 2.35. The van der Waals surface area contributed by atoms with Gasteiger partial charge in [-0.05, 0) is 31.9 Å². The van der Waals surface area contributed by atoms with Crippen molar-refractivity contribution in [1.82, 2.24) is 0 Å². The number of aliphatic hydroxyl groups excluding tert-OH is 1. The van der Waals surface area contributed by atoms with Gasteiger partial charge in [-0.25, -0.2) is 0 Å². The maximum absolute atomic E-state index is 9.77. The Balaban J connectivity index is 1.85. The first-order chi connectivity index (χ1) is 9.44. The summed E-state index contributed by atoms with van der Waals surface area (Å²) in [6.07, 6.45) is 2.03. The third-order valence-electron chi connectivity index (χ3n) is 3.15. The second-order valence-corrected chi connectivity index (χ2v) is 6.24. The first-order valence-corrected chi connectivity index (χ1v) is 7.12. The third-order valence-corrected chi connectivity index (χ3v) is 3.15. The van der Waals surface area contributed by atoms with Crippen LogP contribution in [0.2, 0.25) is 0 Å². The number of aliphatic hydroxyl groups is 1. The van der Waals surface area contributed by atoms with Gasteiger partial charge in [0.1, 0.15) is 0 Å². The van der Waals surface area contributed by atoms with Crippen LogP contribution < -0.4 is 0 Å². The molecule has 3 heteroatoms. The molecule has 3 nitrogen and oxygen atoms in total. The summed E-state index contributed by atoms with van der Waals surface area (Å²) in [5, 5.41) is 9.77. The molecule has 110 valence electrons. The summed E-state index contributed by atoms with van der Waals surface area (Å²) in [5.41, 5.74) is 1.98. The topological polar surface area (TPSA) is 38.7 Å². The van der Waals surface area contributed by atoms with Gasteiger partial charge in [-0.15, -0.1) is 0 Å². The molecular weight excluding hydrogens is 252 g/mol. The molecule has 0 amide bonds. The minimum Gasteiger partial charge on any atom is -0.389 e. The number of hydrogen-bond donors (Lipinski definition) is 1. The summed E-state index contributed by atoms with van der Waals surface area (Å²) in [4.78, 5) is 0. The highest BCUT2D eigenvalue weighted by atomic mass is 16.5. The van der Waals surface area contributed by atoms with Crippen LogP contribution in [0.1, 0.15) is 32.8 Å². The van der Waals surface area contributed by atoms with Crippen LogP contribution in [0.15, 0.2) is 42.0 Å². The molecule has 1 aromatic carbocycles. The molecule has 0 spiro atoms. The third kappa shape index (κ3) is 4.75. The number of rotatable bonds is 5. The molecule has 0 fully saturated rings. The summed E-state index contributed by atoms with van der Waals surface area (Å²) < 4.78 is 11.7. The van der Waals surface area contributed by atoms with E-state index in [0.717, 1.165) is 11.1 Å². The minimum atomic E-state index is -0.419. The van der Waals surface area contributed by atoms with Crippen LogP contribution in [0.3, 0.4) is 0 Å². The van der Waals surface area contributed by atoms with E-state index >= 15 is 0 Å². The zero-order valence-electron chi connectivity index (χ0n) is 12.5. The molecular formula is C17H24O3. The molecule has 20 heavy (non-hydrogen) atoms. The Kier molecular flexibility index (Phi) is 4.97. The predicted octanol–water partition coefficient (Wildman–Crippen LogP) is 3.08. The lowest BCUT2D eigenvalue weighted by Gasteiger charge is -2.26. The van der Waals surface area contributed by atoms with E-state index in [2.05, 4.69) is 0 Å². The van der Waals surface area contributed by atoms with E-state index in [4.69, 9.17) is 9.47 Å². The Morgan fingerprint density at radius 2 is 1.85 bits per heavy atom. The Hall–Kier alpha value is -1.16. The van der Waals surface area contributed by atoms with E-state index in [-0.39, 0.29) is 11.7 Å². The molecule has 1 aromatic rings. The van der Waals surface area contributed by atoms with Gasteiger partial charge in [0.25, 0.3) is 0 Å². The largest absolute Gasteiger partial charge is 0.389 e. The quantitative estimate of drug-likeness (QED) is 0.840. The van der Waals surface area contributed by atoms with Crippen LogP contribution in [0, 0.1) is 0 Å². The average Bonchev–Trinajstić information content (AvgIpc) is 2.68. The first kappa shape index (κ1) is 15.2. The molecule has 1 aliphatic rings. The summed E-state index contributed by atoms with van der Waals surface area (Å²) in [5.74, 6) is 0. The first-order valence-electron chi connectivity index (χ1n) is 7.12. The van der Waals surface area contributed by atoms with Crippen molar-refractivity contribution in [3.63, 3.8) is 0 Å². The molecule has 1 aliphatic carbocycles. The van der Waals surface area contributed by atoms with Gasteiger partial charge < -0.3 is 14.6 Å². The van der Waals surface area contributed by atoms with Crippen LogP contribution in [0.4, 0.5) is 0 Å². The van der Waals surface area contributed by atoms with Crippen molar-refractivity contribution in [2.45, 2.75) is 51.6 Å². The summed E-state index contributed by atoms with van der Waals surface area (Å²) in [7, 11) is 0. The van der Waals surface area contributed by atoms with Crippen molar-refractivity contribution in [1.29, 1.82) is 0 Å². The van der Waals surface area contributed by atoms with Crippen LogP contribution in [0.25, 0.3) is 0 Å². The van der Waals surface area contributed by atoms with Crippen LogP contribution in [-0.2, 0) is 16.1 Å². The van der Waals surface area contributed by atoms with E-state index in [1.807, 2.05) is 57.2 Å². The van der Waals surface area contributed by atoms with Gasteiger partial charge in [-0.1, -0.05) is 36.4 Å². The molecule has 0 unspecified atom stereocenters. The Morgan fingerprint density at radius 1 is 1.15 bits per heavy atom. The Labute approximate surface area is 121 Å². The summed E-state index contributed by atoms with van der Waals surface area (Å²) in [6, 6.07) is 10.1. The van der Waals surface area contributed by atoms with Crippen molar-refractivity contribution < 1.29 is 14.6 Å². The zero-order chi connectivity index (χ0) is 14.6. The van der Waals surface area contributed by atoms with Crippen molar-refractivity contribution in [3.8, 4) is 0 Å². The minimum absolute atomic E-state index is 0.0410. The molecule has 0 aliphatic heterocycles. The predicted molar refractivity (Wildman–Crippen MR) is 79.4 cm³/mol. The van der Waals surface area contributed by atoms with E-state index < -0.39 is 6.10 Å². The molecule has 1 N–H and O–H groups in total. The van der Waals surface area contributed by atoms with Crippen molar-refractivity contribution in [3.05, 3.63) is 47.5 Å². The van der Waals surface area contributed by atoms with Crippen LogP contribution in [-0.4, -0.2) is 29.5 Å². The molecule has 0 saturated heterocycles. The normalized spacial score (nSPS) is 22.9. The van der Waals surface area contributed by atoms with Gasteiger partial charge >= 0.3 is 0 Å². The molecule has 0 saturated carbocycles. The van der Waals surface area contributed by atoms with Gasteiger partial charge in [-0.3, -0.25) is 0 Å². The lowest BCUT2D eigenvalue weighted by molar-refractivity contribution is -0.0540. The van der Waals surface area contributed by atoms with Crippen molar-refractivity contribution in [2.24, 2.45) is 0 Å². The molecule has 0 heterocycles. The maximum Gasteiger partial charge on any atom is 0.0843 e. The van der Waals surface area contributed by atoms with Gasteiger partial charge in [0.2, 0.25) is 0 Å². The van der Waals surface area contributed by atoms with Crippen molar-refractivity contribution in [2.75, 3.05) is 6.61 Å². The van der Waals surface area contributed by atoms with E-state index in [0.29, 0.717) is 19.6 Å². The molecule has 0 aromatic heterocycles. The molecule has 2 rings (SSSR count).